The van der Waals surface area contributed by atoms with Gasteiger partial charge in [-0.25, -0.2) is 9.59 Å². The number of amides is 3. The number of carboxylic acids is 1. The monoisotopic (exact) mass is 553 g/mol. The van der Waals surface area contributed by atoms with Crippen LogP contribution in [-0.2, 0) is 44.6 Å². The van der Waals surface area contributed by atoms with Gasteiger partial charge >= 0.3 is 24.0 Å². The van der Waals surface area contributed by atoms with Crippen molar-refractivity contribution in [1.82, 2.24) is 15.5 Å². The number of rotatable bonds is 9. The Morgan fingerprint density at radius 1 is 1.26 bits per heavy atom. The lowest BCUT2D eigenvalue weighted by Gasteiger charge is -2.55. The predicted octanol–water partition coefficient (Wildman–Crippen LogP) is 0.519. The molecule has 1 unspecified atom stereocenters. The van der Waals surface area contributed by atoms with E-state index in [0.29, 0.717) is 0 Å². The fraction of sp³-hybridized carbons (Fsp3) is 0.478. The number of esters is 2. The number of hydrogen-bond acceptors (Lipinski definition) is 11. The van der Waals surface area contributed by atoms with Crippen LogP contribution in [0.2, 0.25) is 0 Å². The summed E-state index contributed by atoms with van der Waals surface area (Å²) >= 11 is 0.994. The minimum absolute atomic E-state index is 0.00707. The van der Waals surface area contributed by atoms with Gasteiger partial charge in [-0.3, -0.25) is 24.1 Å². The predicted molar refractivity (Wildman–Crippen MR) is 128 cm³/mol. The van der Waals surface area contributed by atoms with Gasteiger partial charge in [-0.15, -0.1) is 11.8 Å². The molecule has 0 aliphatic carbocycles. The van der Waals surface area contributed by atoms with E-state index in [2.05, 4.69) is 10.6 Å². The molecule has 206 valence electrons. The van der Waals surface area contributed by atoms with Crippen LogP contribution in [0.1, 0.15) is 33.5 Å². The number of carbonyl (C=O) groups excluding carboxylic acids is 5. The molecule has 38 heavy (non-hydrogen) atoms. The molecular formula is C23H27N3O11S. The van der Waals surface area contributed by atoms with Crippen molar-refractivity contribution in [2.75, 3.05) is 18.9 Å². The summed E-state index contributed by atoms with van der Waals surface area (Å²) in [6.07, 6.45) is 0.139. The maximum Gasteiger partial charge on any atom is 0.408 e. The number of nitrogens with zero attached hydrogens (tertiary/aromatic N) is 1. The first kappa shape index (κ1) is 28.6. The highest BCUT2D eigenvalue weighted by Crippen LogP contribution is 2.47. The zero-order chi connectivity index (χ0) is 28.3. The quantitative estimate of drug-likeness (QED) is 0.166. The van der Waals surface area contributed by atoms with Crippen molar-refractivity contribution in [3.63, 3.8) is 0 Å². The Labute approximate surface area is 221 Å². The van der Waals surface area contributed by atoms with Crippen LogP contribution in [-0.4, -0.2) is 81.4 Å². The van der Waals surface area contributed by atoms with Crippen molar-refractivity contribution in [2.45, 2.75) is 50.8 Å². The number of ether oxygens (including phenoxy) is 3. The summed E-state index contributed by atoms with van der Waals surface area (Å²) in [5.74, 6) is -4.72. The van der Waals surface area contributed by atoms with E-state index >= 15 is 0 Å². The summed E-state index contributed by atoms with van der Waals surface area (Å²) in [7, 11) is 0. The maximum absolute atomic E-state index is 13.4. The minimum Gasteiger partial charge on any atom is -0.477 e. The zero-order valence-electron chi connectivity index (χ0n) is 21.0. The van der Waals surface area contributed by atoms with Gasteiger partial charge in [-0.1, -0.05) is 0 Å². The molecule has 2 aliphatic heterocycles. The first-order valence-corrected chi connectivity index (χ1v) is 12.3. The Morgan fingerprint density at radius 3 is 2.55 bits per heavy atom. The summed E-state index contributed by atoms with van der Waals surface area (Å²) in [4.78, 5) is 74.9. The number of thioether (sulfide) groups is 1. The third-order valence-electron chi connectivity index (χ3n) is 5.05. The molecule has 3 N–H and O–H groups in total. The van der Waals surface area contributed by atoms with Crippen molar-refractivity contribution in [2.24, 2.45) is 0 Å². The smallest absolute Gasteiger partial charge is 0.408 e. The van der Waals surface area contributed by atoms with Gasteiger partial charge in [0, 0.05) is 18.2 Å². The molecule has 3 amide bonds. The number of furan rings is 1. The van der Waals surface area contributed by atoms with Crippen LogP contribution in [0.25, 0.3) is 0 Å². The van der Waals surface area contributed by atoms with Crippen molar-refractivity contribution < 1.29 is 52.5 Å². The van der Waals surface area contributed by atoms with Crippen LogP contribution in [0, 0.1) is 0 Å². The van der Waals surface area contributed by atoms with E-state index < -0.39 is 64.8 Å². The van der Waals surface area contributed by atoms with E-state index in [1.54, 1.807) is 26.8 Å². The highest BCUT2D eigenvalue weighted by atomic mass is 32.2. The minimum atomic E-state index is -2.27. The van der Waals surface area contributed by atoms with Crippen molar-refractivity contribution >= 4 is 47.6 Å². The summed E-state index contributed by atoms with van der Waals surface area (Å²) in [6, 6.07) is 3.09. The van der Waals surface area contributed by atoms with Crippen LogP contribution in [0.15, 0.2) is 34.1 Å². The number of carbonyl (C=O) groups is 6. The second kappa shape index (κ2) is 11.2. The van der Waals surface area contributed by atoms with Gasteiger partial charge in [0.1, 0.15) is 30.2 Å². The molecule has 0 saturated carbocycles. The molecule has 0 aromatic carbocycles. The molecule has 0 radical (unpaired) electrons. The number of nitrogens with one attached hydrogen (secondary N) is 2. The van der Waals surface area contributed by atoms with Gasteiger partial charge in [0.25, 0.3) is 11.6 Å². The molecule has 2 aliphatic rings. The Kier molecular flexibility index (Phi) is 8.39. The molecule has 0 bridgehead atoms. The van der Waals surface area contributed by atoms with Gasteiger partial charge in [-0.05, 0) is 32.9 Å². The molecule has 0 spiro atoms. The Hall–Kier alpha value is -4.01. The number of hydrogen-bond donors (Lipinski definition) is 3. The van der Waals surface area contributed by atoms with Gasteiger partial charge in [0.2, 0.25) is 5.91 Å². The molecule has 14 nitrogen and oxygen atoms in total. The van der Waals surface area contributed by atoms with Crippen molar-refractivity contribution in [1.29, 1.82) is 0 Å². The lowest BCUT2D eigenvalue weighted by molar-refractivity contribution is -0.202. The first-order chi connectivity index (χ1) is 17.7. The largest absolute Gasteiger partial charge is 0.477 e. The molecule has 1 aromatic heterocycles. The van der Waals surface area contributed by atoms with Crippen molar-refractivity contribution in [3.05, 3.63) is 35.4 Å². The summed E-state index contributed by atoms with van der Waals surface area (Å²) in [6.45, 7) is 4.96. The second-order valence-electron chi connectivity index (χ2n) is 9.25. The lowest BCUT2D eigenvalue weighted by Crippen LogP contribution is -2.81. The molecule has 3 heterocycles. The average molecular weight is 554 g/mol. The molecular weight excluding hydrogens is 526 g/mol. The summed E-state index contributed by atoms with van der Waals surface area (Å²) in [5, 5.41) is 13.2. The Balaban J connectivity index is 1.84. The highest BCUT2D eigenvalue weighted by Gasteiger charge is 2.69. The van der Waals surface area contributed by atoms with E-state index in [9.17, 15) is 33.9 Å². The number of fused-ring (bicyclic) bond motifs is 1. The summed E-state index contributed by atoms with van der Waals surface area (Å²) < 4.78 is 20.5. The Morgan fingerprint density at radius 2 is 1.97 bits per heavy atom. The van der Waals surface area contributed by atoms with E-state index in [0.717, 1.165) is 23.6 Å². The van der Waals surface area contributed by atoms with Gasteiger partial charge in [0.05, 0.1) is 12.7 Å². The van der Waals surface area contributed by atoms with Crippen LogP contribution in [0.4, 0.5) is 4.79 Å². The van der Waals surface area contributed by atoms with Gasteiger partial charge < -0.3 is 34.4 Å². The summed E-state index contributed by atoms with van der Waals surface area (Å²) in [5.41, 5.74) is -3.40. The third-order valence-corrected chi connectivity index (χ3v) is 6.43. The van der Waals surface area contributed by atoms with Crippen molar-refractivity contribution in [3.8, 4) is 0 Å². The molecule has 1 fully saturated rings. The van der Waals surface area contributed by atoms with E-state index in [-0.39, 0.29) is 30.1 Å². The van der Waals surface area contributed by atoms with Gasteiger partial charge in [0.15, 0.2) is 5.37 Å². The fourth-order valence-electron chi connectivity index (χ4n) is 3.62. The van der Waals surface area contributed by atoms with E-state index in [1.165, 1.54) is 12.3 Å². The van der Waals surface area contributed by atoms with Crippen LogP contribution in [0.5, 0.6) is 0 Å². The molecule has 15 heteroatoms. The Bertz CT molecular complexity index is 1170. The van der Waals surface area contributed by atoms with Crippen LogP contribution >= 0.6 is 11.8 Å². The lowest BCUT2D eigenvalue weighted by atomic mass is 9.97. The molecule has 1 aromatic rings. The standard InChI is InChI=1S/C23H27N3O11S/c1-12(27)35-10-13-11-38-20-23(19(32)26(20)17(13)18(30)31,25-15(28)8-14-6-5-7-34-14)36-16(29)9-24-21(33)37-22(2,3)4/h5-7,20H,8-11H2,1-4H3,(H,24,33)(H,25,28)(H,30,31)/t20-,23?/m1/s1. The number of carboxylic acid groups (broad SMARTS) is 1. The van der Waals surface area contributed by atoms with Gasteiger partial charge in [-0.2, -0.15) is 0 Å². The molecule has 2 atom stereocenters. The maximum atomic E-state index is 13.4. The normalized spacial score (nSPS) is 20.6. The van der Waals surface area contributed by atoms with Crippen LogP contribution < -0.4 is 10.6 Å². The zero-order valence-corrected chi connectivity index (χ0v) is 21.8. The third kappa shape index (κ3) is 6.45. The van der Waals surface area contributed by atoms with Crippen LogP contribution in [0.3, 0.4) is 0 Å². The highest BCUT2D eigenvalue weighted by molar-refractivity contribution is 8.00. The molecule has 3 rings (SSSR count). The van der Waals surface area contributed by atoms with E-state index in [1.807, 2.05) is 0 Å². The number of alkyl carbamates (subject to hydrolysis) is 1. The fourth-order valence-corrected chi connectivity index (χ4v) is 4.99. The number of β-lactam (4-membered cyclic amide) rings is 1. The SMILES string of the molecule is CC(=O)OCC1=C(C(=O)O)N2C(=O)C(NC(=O)Cc3ccco3)(OC(=O)CNC(=O)OC(C)(C)C)[C@H]2SC1. The first-order valence-electron chi connectivity index (χ1n) is 11.3. The van der Waals surface area contributed by atoms with E-state index in [4.69, 9.17) is 18.6 Å². The number of aliphatic carboxylic acids is 1. The topological polar surface area (TPSA) is 191 Å². The average Bonchev–Trinajstić information content (AvgIpc) is 3.31. The second-order valence-corrected chi connectivity index (χ2v) is 10.3. The molecule has 1 saturated heterocycles.